The molecule has 0 aliphatic heterocycles. The number of phenols is 1. The third-order valence-corrected chi connectivity index (χ3v) is 5.11. The second kappa shape index (κ2) is 11.7. The van der Waals surface area contributed by atoms with Crippen molar-refractivity contribution < 1.29 is 5.11 Å². The quantitative estimate of drug-likeness (QED) is 0.163. The molecule has 0 fully saturated rings. The number of nitrogens with zero attached hydrogens (tertiary/aromatic N) is 3. The molecule has 0 bridgehead atoms. The summed E-state index contributed by atoms with van der Waals surface area (Å²) in [6.45, 7) is 6.38. The SMILES string of the molecule is Cc1ccc(NC(=S)N/N=C/c2ccc(C(N)=NC=Nc3ccc(O)cc3)cc2)c(C(C)C)c1. The zero-order valence-corrected chi connectivity index (χ0v) is 20.2. The van der Waals surface area contributed by atoms with Gasteiger partial charge in [0.2, 0.25) is 0 Å². The Kier molecular flexibility index (Phi) is 8.48. The van der Waals surface area contributed by atoms with Gasteiger partial charge < -0.3 is 16.2 Å². The Labute approximate surface area is 205 Å². The van der Waals surface area contributed by atoms with E-state index in [2.05, 4.69) is 58.7 Å². The van der Waals surface area contributed by atoms with Crippen molar-refractivity contribution in [3.8, 4) is 5.75 Å². The third kappa shape index (κ3) is 7.25. The summed E-state index contributed by atoms with van der Waals surface area (Å²) in [5.74, 6) is 0.904. The summed E-state index contributed by atoms with van der Waals surface area (Å²) >= 11 is 5.37. The van der Waals surface area contributed by atoms with Crippen molar-refractivity contribution in [2.24, 2.45) is 20.8 Å². The van der Waals surface area contributed by atoms with Crippen LogP contribution in [0.4, 0.5) is 11.4 Å². The first-order valence-electron chi connectivity index (χ1n) is 10.8. The van der Waals surface area contributed by atoms with Crippen molar-refractivity contribution in [3.63, 3.8) is 0 Å². The number of hydrogen-bond donors (Lipinski definition) is 4. The second-order valence-electron chi connectivity index (χ2n) is 7.97. The standard InChI is InChI=1S/C26H28N6OS/c1-17(2)23-14-18(3)4-13-24(23)31-26(34)32-30-15-19-5-7-20(8-6-19)25(27)29-16-28-21-9-11-22(33)12-10-21/h4-17,33H,1-3H3,(H2,27,28,29)(H2,31,32,34)/b30-15+. The van der Waals surface area contributed by atoms with Crippen molar-refractivity contribution in [1.29, 1.82) is 0 Å². The molecule has 8 heteroatoms. The van der Waals surface area contributed by atoms with Crippen molar-refractivity contribution in [3.05, 3.63) is 89.0 Å². The zero-order chi connectivity index (χ0) is 24.5. The van der Waals surface area contributed by atoms with Gasteiger partial charge in [-0.15, -0.1) is 0 Å². The van der Waals surface area contributed by atoms with E-state index in [1.807, 2.05) is 30.3 Å². The number of hydrazone groups is 1. The third-order valence-electron chi connectivity index (χ3n) is 4.92. The number of rotatable bonds is 7. The normalized spacial score (nSPS) is 11.9. The summed E-state index contributed by atoms with van der Waals surface area (Å²) in [4.78, 5) is 8.35. The average molecular weight is 473 g/mol. The Balaban J connectivity index is 1.55. The molecule has 0 atom stereocenters. The maximum absolute atomic E-state index is 9.30. The van der Waals surface area contributed by atoms with Crippen LogP contribution in [0.1, 0.15) is 42.0 Å². The molecule has 5 N–H and O–H groups in total. The molecule has 174 valence electrons. The highest BCUT2D eigenvalue weighted by molar-refractivity contribution is 7.80. The minimum atomic E-state index is 0.186. The van der Waals surface area contributed by atoms with Gasteiger partial charge in [0.1, 0.15) is 17.9 Å². The molecule has 0 unspecified atom stereocenters. The number of hydrogen-bond acceptors (Lipinski definition) is 4. The van der Waals surface area contributed by atoms with Gasteiger partial charge in [-0.2, -0.15) is 5.10 Å². The van der Waals surface area contributed by atoms with Crippen LogP contribution >= 0.6 is 12.2 Å². The molecular weight excluding hydrogens is 444 g/mol. The first kappa shape index (κ1) is 24.6. The van der Waals surface area contributed by atoms with Gasteiger partial charge in [0.15, 0.2) is 5.11 Å². The summed E-state index contributed by atoms with van der Waals surface area (Å²) < 4.78 is 0. The molecule has 0 aliphatic carbocycles. The number of phenolic OH excluding ortho intramolecular Hbond substituents is 1. The molecule has 0 aromatic heterocycles. The van der Waals surface area contributed by atoms with Crippen LogP contribution in [-0.4, -0.2) is 28.6 Å². The number of nitrogens with one attached hydrogen (secondary N) is 2. The van der Waals surface area contributed by atoms with Crippen LogP contribution in [0.15, 0.2) is 81.8 Å². The van der Waals surface area contributed by atoms with E-state index in [0.29, 0.717) is 22.6 Å². The van der Waals surface area contributed by atoms with Gasteiger partial charge in [-0.25, -0.2) is 9.98 Å². The summed E-state index contributed by atoms with van der Waals surface area (Å²) in [5.41, 5.74) is 14.6. The molecule has 0 saturated heterocycles. The van der Waals surface area contributed by atoms with Crippen LogP contribution in [0.25, 0.3) is 0 Å². The number of aromatic hydroxyl groups is 1. The van der Waals surface area contributed by atoms with Gasteiger partial charge in [0.25, 0.3) is 0 Å². The van der Waals surface area contributed by atoms with Gasteiger partial charge >= 0.3 is 0 Å². The van der Waals surface area contributed by atoms with E-state index in [-0.39, 0.29) is 5.75 Å². The fourth-order valence-corrected chi connectivity index (χ4v) is 3.26. The molecule has 3 aromatic carbocycles. The minimum Gasteiger partial charge on any atom is -0.508 e. The minimum absolute atomic E-state index is 0.186. The topological polar surface area (TPSA) is 107 Å². The summed E-state index contributed by atoms with van der Waals surface area (Å²) in [5, 5.41) is 17.1. The first-order valence-corrected chi connectivity index (χ1v) is 11.2. The maximum Gasteiger partial charge on any atom is 0.191 e. The molecule has 0 saturated carbocycles. The van der Waals surface area contributed by atoms with Crippen LogP contribution in [0, 0.1) is 6.92 Å². The molecule has 0 heterocycles. The molecule has 34 heavy (non-hydrogen) atoms. The summed E-state index contributed by atoms with van der Waals surface area (Å²) in [7, 11) is 0. The molecule has 0 radical (unpaired) electrons. The number of anilines is 1. The number of aliphatic imine (C=N–C) groups is 2. The predicted octanol–water partition coefficient (Wildman–Crippen LogP) is 5.21. The van der Waals surface area contributed by atoms with Gasteiger partial charge in [-0.05, 0) is 66.5 Å². The monoisotopic (exact) mass is 472 g/mol. The summed E-state index contributed by atoms with van der Waals surface area (Å²) in [6, 6.07) is 20.2. The number of aryl methyl sites for hydroxylation is 1. The Hall–Kier alpha value is -4.04. The molecule has 7 nitrogen and oxygen atoms in total. The van der Waals surface area contributed by atoms with E-state index in [9.17, 15) is 5.11 Å². The molecule has 3 rings (SSSR count). The van der Waals surface area contributed by atoms with E-state index in [1.165, 1.54) is 17.5 Å². The molecule has 0 aliphatic rings. The largest absolute Gasteiger partial charge is 0.508 e. The van der Waals surface area contributed by atoms with Crippen LogP contribution < -0.4 is 16.5 Å². The van der Waals surface area contributed by atoms with E-state index >= 15 is 0 Å². The van der Waals surface area contributed by atoms with E-state index < -0.39 is 0 Å². The Morgan fingerprint density at radius 2 is 1.74 bits per heavy atom. The fourth-order valence-electron chi connectivity index (χ4n) is 3.10. The lowest BCUT2D eigenvalue weighted by Crippen LogP contribution is -2.24. The number of nitrogens with two attached hydrogens (primary N) is 1. The molecule has 0 amide bonds. The second-order valence-corrected chi connectivity index (χ2v) is 8.38. The van der Waals surface area contributed by atoms with Crippen molar-refractivity contribution in [2.75, 3.05) is 5.32 Å². The number of benzene rings is 3. The predicted molar refractivity (Wildman–Crippen MR) is 146 cm³/mol. The smallest absolute Gasteiger partial charge is 0.191 e. The maximum atomic E-state index is 9.30. The Morgan fingerprint density at radius 1 is 1.03 bits per heavy atom. The Morgan fingerprint density at radius 3 is 2.41 bits per heavy atom. The van der Waals surface area contributed by atoms with E-state index in [4.69, 9.17) is 18.0 Å². The lowest BCUT2D eigenvalue weighted by Gasteiger charge is -2.15. The van der Waals surface area contributed by atoms with E-state index in [1.54, 1.807) is 30.5 Å². The molecule has 3 aromatic rings. The highest BCUT2D eigenvalue weighted by Gasteiger charge is 2.08. The van der Waals surface area contributed by atoms with Crippen LogP contribution in [0.3, 0.4) is 0 Å². The van der Waals surface area contributed by atoms with Crippen LogP contribution in [0.2, 0.25) is 0 Å². The number of thiocarbonyl (C=S) groups is 1. The average Bonchev–Trinajstić information content (AvgIpc) is 2.81. The van der Waals surface area contributed by atoms with Crippen molar-refractivity contribution >= 4 is 47.1 Å². The number of amidine groups is 1. The summed E-state index contributed by atoms with van der Waals surface area (Å²) in [6.07, 6.45) is 3.06. The van der Waals surface area contributed by atoms with Gasteiger partial charge in [0.05, 0.1) is 11.9 Å². The van der Waals surface area contributed by atoms with E-state index in [0.717, 1.165) is 16.8 Å². The molecule has 0 spiro atoms. The van der Waals surface area contributed by atoms with Crippen molar-refractivity contribution in [1.82, 2.24) is 5.43 Å². The highest BCUT2D eigenvalue weighted by atomic mass is 32.1. The first-order chi connectivity index (χ1) is 16.3. The zero-order valence-electron chi connectivity index (χ0n) is 19.4. The lowest BCUT2D eigenvalue weighted by atomic mass is 9.99. The van der Waals surface area contributed by atoms with Gasteiger partial charge in [-0.3, -0.25) is 5.43 Å². The van der Waals surface area contributed by atoms with Gasteiger partial charge in [0, 0.05) is 11.3 Å². The Bertz CT molecular complexity index is 1220. The highest BCUT2D eigenvalue weighted by Crippen LogP contribution is 2.25. The van der Waals surface area contributed by atoms with Crippen LogP contribution in [0.5, 0.6) is 5.75 Å². The molecular formula is C26H28N6OS. The lowest BCUT2D eigenvalue weighted by molar-refractivity contribution is 0.475. The van der Waals surface area contributed by atoms with Crippen molar-refractivity contribution in [2.45, 2.75) is 26.7 Å². The van der Waals surface area contributed by atoms with Crippen LogP contribution in [-0.2, 0) is 0 Å². The fraction of sp³-hybridized carbons (Fsp3) is 0.154. The van der Waals surface area contributed by atoms with Gasteiger partial charge in [-0.1, -0.05) is 55.8 Å².